The van der Waals surface area contributed by atoms with E-state index in [4.69, 9.17) is 4.74 Å². The van der Waals surface area contributed by atoms with Crippen LogP contribution in [0.2, 0.25) is 0 Å². The van der Waals surface area contributed by atoms with Crippen LogP contribution in [0.25, 0.3) is 11.7 Å². The Morgan fingerprint density at radius 1 is 1.23 bits per heavy atom. The van der Waals surface area contributed by atoms with Gasteiger partial charge in [-0.05, 0) is 62.1 Å². The van der Waals surface area contributed by atoms with Crippen molar-refractivity contribution in [2.75, 3.05) is 11.5 Å². The fourth-order valence-electron chi connectivity index (χ4n) is 3.90. The number of carbonyl (C=O) groups is 1. The quantitative estimate of drug-likeness (QED) is 0.428. The van der Waals surface area contributed by atoms with Gasteiger partial charge in [-0.25, -0.2) is 8.42 Å². The van der Waals surface area contributed by atoms with Gasteiger partial charge in [0.15, 0.2) is 9.84 Å². The van der Waals surface area contributed by atoms with E-state index in [1.165, 1.54) is 4.40 Å². The standard InChI is InChI=1S/C25H24N4O5S/c1-15-6-4-8-21(17(15)3)34-24-20(25(31)29-10-5-7-16(2)22(29)28-24)12-18(13-26)23(30)27-19-9-11-35(32,33)14-19/h4-8,10,12,19H,9,11,14H2,1-3H3,(H,27,30)/b18-12+/t19-/m1/s1. The summed E-state index contributed by atoms with van der Waals surface area (Å²) in [5.74, 6) is -0.517. The fraction of sp³-hybridized carbons (Fsp3) is 0.280. The van der Waals surface area contributed by atoms with Gasteiger partial charge in [0.1, 0.15) is 28.6 Å². The number of benzene rings is 1. The van der Waals surface area contributed by atoms with Crippen molar-refractivity contribution in [3.63, 3.8) is 0 Å². The highest BCUT2D eigenvalue weighted by Gasteiger charge is 2.30. The smallest absolute Gasteiger partial charge is 0.269 e. The summed E-state index contributed by atoms with van der Waals surface area (Å²) in [6.07, 6.45) is 2.96. The monoisotopic (exact) mass is 492 g/mol. The van der Waals surface area contributed by atoms with Gasteiger partial charge in [0.25, 0.3) is 11.5 Å². The second-order valence-electron chi connectivity index (χ2n) is 8.56. The van der Waals surface area contributed by atoms with E-state index in [9.17, 15) is 23.3 Å². The summed E-state index contributed by atoms with van der Waals surface area (Å²) in [6.45, 7) is 5.61. The predicted molar refractivity (Wildman–Crippen MR) is 131 cm³/mol. The number of aryl methyl sites for hydroxylation is 2. The number of ether oxygens (including phenoxy) is 1. The first kappa shape index (κ1) is 24.2. The fourth-order valence-corrected chi connectivity index (χ4v) is 5.57. The van der Waals surface area contributed by atoms with Crippen LogP contribution in [0.5, 0.6) is 11.6 Å². The van der Waals surface area contributed by atoms with E-state index in [2.05, 4.69) is 10.3 Å². The van der Waals surface area contributed by atoms with Gasteiger partial charge in [0.2, 0.25) is 5.88 Å². The molecule has 4 rings (SSSR count). The molecule has 2 aromatic heterocycles. The number of nitriles is 1. The van der Waals surface area contributed by atoms with E-state index < -0.39 is 27.3 Å². The van der Waals surface area contributed by atoms with Crippen LogP contribution in [0, 0.1) is 32.1 Å². The molecular weight excluding hydrogens is 468 g/mol. The van der Waals surface area contributed by atoms with E-state index in [1.54, 1.807) is 18.3 Å². The zero-order valence-electron chi connectivity index (χ0n) is 19.5. The summed E-state index contributed by atoms with van der Waals surface area (Å²) in [4.78, 5) is 30.7. The van der Waals surface area contributed by atoms with Gasteiger partial charge < -0.3 is 10.1 Å². The van der Waals surface area contributed by atoms with Crippen LogP contribution in [-0.4, -0.2) is 41.3 Å². The van der Waals surface area contributed by atoms with Crippen molar-refractivity contribution < 1.29 is 17.9 Å². The molecule has 1 aliphatic heterocycles. The molecule has 9 nitrogen and oxygen atoms in total. The minimum atomic E-state index is -3.22. The Labute approximate surface area is 202 Å². The van der Waals surface area contributed by atoms with Crippen LogP contribution in [0.1, 0.15) is 28.7 Å². The Hall–Kier alpha value is -3.97. The molecule has 1 atom stereocenters. The number of sulfone groups is 1. The number of hydrogen-bond acceptors (Lipinski definition) is 7. The van der Waals surface area contributed by atoms with Crippen LogP contribution >= 0.6 is 0 Å². The Bertz CT molecular complexity index is 1580. The highest BCUT2D eigenvalue weighted by Crippen LogP contribution is 2.28. The second-order valence-corrected chi connectivity index (χ2v) is 10.8. The molecule has 10 heteroatoms. The number of aromatic nitrogens is 2. The lowest BCUT2D eigenvalue weighted by molar-refractivity contribution is -0.117. The maximum Gasteiger partial charge on any atom is 0.269 e. The number of fused-ring (bicyclic) bond motifs is 1. The Kier molecular flexibility index (Phi) is 6.45. The summed E-state index contributed by atoms with van der Waals surface area (Å²) in [7, 11) is -3.22. The Morgan fingerprint density at radius 3 is 2.66 bits per heavy atom. The minimum absolute atomic E-state index is 0.0212. The van der Waals surface area contributed by atoms with Crippen LogP contribution < -0.4 is 15.6 Å². The number of hydrogen-bond donors (Lipinski definition) is 1. The molecule has 0 saturated carbocycles. The third-order valence-electron chi connectivity index (χ3n) is 6.03. The second kappa shape index (κ2) is 9.35. The van der Waals surface area contributed by atoms with Crippen molar-refractivity contribution >= 4 is 27.5 Å². The van der Waals surface area contributed by atoms with Crippen molar-refractivity contribution in [3.05, 3.63) is 74.7 Å². The van der Waals surface area contributed by atoms with Crippen molar-refractivity contribution in [3.8, 4) is 17.7 Å². The molecule has 1 aromatic carbocycles. The van der Waals surface area contributed by atoms with E-state index in [-0.39, 0.29) is 34.9 Å². The first-order chi connectivity index (χ1) is 16.6. The summed E-state index contributed by atoms with van der Waals surface area (Å²) >= 11 is 0. The van der Waals surface area contributed by atoms with Crippen LogP contribution in [0.3, 0.4) is 0 Å². The van der Waals surface area contributed by atoms with Gasteiger partial charge in [0.05, 0.1) is 11.5 Å². The highest BCUT2D eigenvalue weighted by atomic mass is 32.2. The van der Waals surface area contributed by atoms with Crippen molar-refractivity contribution in [1.29, 1.82) is 5.26 Å². The molecule has 1 saturated heterocycles. The molecule has 0 bridgehead atoms. The van der Waals surface area contributed by atoms with Gasteiger partial charge in [-0.15, -0.1) is 0 Å². The topological polar surface area (TPSA) is 131 Å². The number of rotatable bonds is 5. The molecule has 1 amide bonds. The van der Waals surface area contributed by atoms with Crippen molar-refractivity contribution in [2.45, 2.75) is 33.2 Å². The zero-order chi connectivity index (χ0) is 25.3. The van der Waals surface area contributed by atoms with Gasteiger partial charge in [-0.1, -0.05) is 18.2 Å². The Morgan fingerprint density at radius 2 is 1.97 bits per heavy atom. The molecule has 0 radical (unpaired) electrons. The average molecular weight is 493 g/mol. The lowest BCUT2D eigenvalue weighted by Crippen LogP contribution is -2.36. The van der Waals surface area contributed by atoms with E-state index in [0.29, 0.717) is 11.4 Å². The van der Waals surface area contributed by atoms with E-state index in [1.807, 2.05) is 45.0 Å². The molecule has 0 unspecified atom stereocenters. The van der Waals surface area contributed by atoms with Gasteiger partial charge in [0, 0.05) is 12.2 Å². The van der Waals surface area contributed by atoms with Crippen LogP contribution in [0.4, 0.5) is 0 Å². The summed E-state index contributed by atoms with van der Waals surface area (Å²) < 4.78 is 30.8. The maximum atomic E-state index is 13.4. The number of nitrogens with zero attached hydrogens (tertiary/aromatic N) is 3. The lowest BCUT2D eigenvalue weighted by Gasteiger charge is -2.14. The third kappa shape index (κ3) is 4.95. The van der Waals surface area contributed by atoms with Gasteiger partial charge in [-0.2, -0.15) is 10.2 Å². The lowest BCUT2D eigenvalue weighted by atomic mass is 10.1. The maximum absolute atomic E-state index is 13.4. The molecule has 0 spiro atoms. The number of amides is 1. The van der Waals surface area contributed by atoms with Crippen LogP contribution in [0.15, 0.2) is 46.9 Å². The van der Waals surface area contributed by atoms with Gasteiger partial charge in [-0.3, -0.25) is 14.0 Å². The molecule has 1 aliphatic rings. The molecule has 3 aromatic rings. The highest BCUT2D eigenvalue weighted by molar-refractivity contribution is 7.91. The molecule has 0 aliphatic carbocycles. The normalized spacial score (nSPS) is 17.2. The zero-order valence-corrected chi connectivity index (χ0v) is 20.3. The molecule has 1 fully saturated rings. The van der Waals surface area contributed by atoms with E-state index >= 15 is 0 Å². The first-order valence-corrected chi connectivity index (χ1v) is 12.8. The summed E-state index contributed by atoms with van der Waals surface area (Å²) in [5.41, 5.74) is 2.03. The number of nitrogens with one attached hydrogen (secondary N) is 1. The number of pyridine rings is 1. The largest absolute Gasteiger partial charge is 0.438 e. The molecule has 1 N–H and O–H groups in total. The molecule has 3 heterocycles. The summed E-state index contributed by atoms with van der Waals surface area (Å²) in [5, 5.41) is 12.3. The molecular formula is C25H24N4O5S. The first-order valence-electron chi connectivity index (χ1n) is 11.0. The number of carbonyl (C=O) groups excluding carboxylic acids is 1. The summed E-state index contributed by atoms with van der Waals surface area (Å²) in [6, 6.07) is 10.2. The van der Waals surface area contributed by atoms with E-state index in [0.717, 1.165) is 22.8 Å². The third-order valence-corrected chi connectivity index (χ3v) is 7.80. The van der Waals surface area contributed by atoms with Crippen molar-refractivity contribution in [1.82, 2.24) is 14.7 Å². The molecule has 180 valence electrons. The molecule has 35 heavy (non-hydrogen) atoms. The average Bonchev–Trinajstić information content (AvgIpc) is 3.15. The minimum Gasteiger partial charge on any atom is -0.438 e. The Balaban J connectivity index is 1.82. The predicted octanol–water partition coefficient (Wildman–Crippen LogP) is 2.62. The SMILES string of the molecule is Cc1cccc(Oc2nc3c(C)cccn3c(=O)c2/C=C(\C#N)C(=O)N[C@@H]2CCS(=O)(=O)C2)c1C. The van der Waals surface area contributed by atoms with Crippen LogP contribution in [-0.2, 0) is 14.6 Å². The van der Waals surface area contributed by atoms with Crippen molar-refractivity contribution in [2.24, 2.45) is 0 Å². The van der Waals surface area contributed by atoms with Gasteiger partial charge >= 0.3 is 0 Å².